The molecule has 2 aromatic heterocycles. The van der Waals surface area contributed by atoms with Gasteiger partial charge in [0.05, 0.1) is 5.69 Å². The molecule has 0 fully saturated rings. The number of carbonyl (C=O) groups excluding carboxylic acids is 1. The van der Waals surface area contributed by atoms with E-state index in [4.69, 9.17) is 0 Å². The Labute approximate surface area is 134 Å². The molecule has 2 aromatic rings. The summed E-state index contributed by atoms with van der Waals surface area (Å²) in [4.78, 5) is 28.2. The topological polar surface area (TPSA) is 81.8 Å². The first-order chi connectivity index (χ1) is 11.0. The first kappa shape index (κ1) is 15.5. The highest BCUT2D eigenvalue weighted by Crippen LogP contribution is 2.23. The number of aromatic nitrogens is 4. The third-order valence-electron chi connectivity index (χ3n) is 4.40. The maximum absolute atomic E-state index is 12.3. The van der Waals surface area contributed by atoms with Crippen molar-refractivity contribution in [3.8, 4) is 0 Å². The number of nitrogens with one attached hydrogen (secondary N) is 1. The van der Waals surface area contributed by atoms with E-state index in [-0.39, 0.29) is 17.4 Å². The molecule has 0 aromatic carbocycles. The Morgan fingerprint density at radius 2 is 2.30 bits per heavy atom. The summed E-state index contributed by atoms with van der Waals surface area (Å²) in [7, 11) is 1.65. The van der Waals surface area contributed by atoms with Crippen LogP contribution >= 0.6 is 0 Å². The van der Waals surface area contributed by atoms with Gasteiger partial charge in [0.25, 0.3) is 5.56 Å². The lowest BCUT2D eigenvalue weighted by Crippen LogP contribution is -2.37. The smallest absolute Gasteiger partial charge is 0.266 e. The minimum atomic E-state index is -0.125. The highest BCUT2D eigenvalue weighted by molar-refractivity contribution is 5.79. The van der Waals surface area contributed by atoms with Crippen LogP contribution in [0.1, 0.15) is 23.5 Å². The number of rotatable bonds is 4. The SMILES string of the molecule is Cc1nccn1CCNC(=O)C1CCc2nn(C)c(=O)cc2C1. The molecule has 7 nitrogen and oxygen atoms in total. The Hall–Kier alpha value is -2.44. The molecule has 1 N–H and O–H groups in total. The van der Waals surface area contributed by atoms with Crippen LogP contribution in [0.3, 0.4) is 0 Å². The zero-order valence-electron chi connectivity index (χ0n) is 13.5. The summed E-state index contributed by atoms with van der Waals surface area (Å²) in [5.41, 5.74) is 1.72. The van der Waals surface area contributed by atoms with Gasteiger partial charge in [-0.2, -0.15) is 5.10 Å². The zero-order valence-corrected chi connectivity index (χ0v) is 13.5. The summed E-state index contributed by atoms with van der Waals surface area (Å²) in [5, 5.41) is 7.26. The van der Waals surface area contributed by atoms with E-state index < -0.39 is 0 Å². The van der Waals surface area contributed by atoms with Crippen LogP contribution in [-0.2, 0) is 31.2 Å². The Morgan fingerprint density at radius 3 is 3.04 bits per heavy atom. The summed E-state index contributed by atoms with van der Waals surface area (Å²) >= 11 is 0. The fraction of sp³-hybridized carbons (Fsp3) is 0.500. The molecule has 1 unspecified atom stereocenters. The molecule has 1 aliphatic carbocycles. The van der Waals surface area contributed by atoms with Gasteiger partial charge in [-0.15, -0.1) is 0 Å². The molecule has 0 radical (unpaired) electrons. The zero-order chi connectivity index (χ0) is 16.4. The number of hydrogen-bond donors (Lipinski definition) is 1. The summed E-state index contributed by atoms with van der Waals surface area (Å²) < 4.78 is 3.36. The molecular weight excluding hydrogens is 294 g/mol. The second kappa shape index (κ2) is 6.36. The largest absolute Gasteiger partial charge is 0.354 e. The monoisotopic (exact) mass is 315 g/mol. The van der Waals surface area contributed by atoms with E-state index in [1.165, 1.54) is 4.68 Å². The molecule has 0 saturated carbocycles. The first-order valence-corrected chi connectivity index (χ1v) is 7.86. The fourth-order valence-electron chi connectivity index (χ4n) is 2.99. The molecule has 0 aliphatic heterocycles. The number of fused-ring (bicyclic) bond motifs is 1. The predicted octanol–water partition coefficient (Wildman–Crippen LogP) is 0.207. The number of aryl methyl sites for hydroxylation is 3. The van der Waals surface area contributed by atoms with Crippen LogP contribution in [0, 0.1) is 12.8 Å². The molecule has 0 bridgehead atoms. The minimum absolute atomic E-state index is 0.0501. The van der Waals surface area contributed by atoms with Crippen molar-refractivity contribution in [2.24, 2.45) is 13.0 Å². The number of amides is 1. The molecule has 0 spiro atoms. The van der Waals surface area contributed by atoms with Crippen LogP contribution in [0.2, 0.25) is 0 Å². The van der Waals surface area contributed by atoms with Crippen molar-refractivity contribution < 1.29 is 4.79 Å². The fourth-order valence-corrected chi connectivity index (χ4v) is 2.99. The normalized spacial score (nSPS) is 16.9. The van der Waals surface area contributed by atoms with Crippen molar-refractivity contribution >= 4 is 5.91 Å². The Morgan fingerprint density at radius 1 is 1.48 bits per heavy atom. The maximum atomic E-state index is 12.3. The molecule has 122 valence electrons. The van der Waals surface area contributed by atoms with E-state index in [9.17, 15) is 9.59 Å². The minimum Gasteiger partial charge on any atom is -0.354 e. The second-order valence-electron chi connectivity index (χ2n) is 5.98. The van der Waals surface area contributed by atoms with E-state index in [2.05, 4.69) is 15.4 Å². The van der Waals surface area contributed by atoms with Crippen LogP contribution in [0.4, 0.5) is 0 Å². The van der Waals surface area contributed by atoms with Gasteiger partial charge in [-0.3, -0.25) is 9.59 Å². The molecule has 23 heavy (non-hydrogen) atoms. The number of hydrogen-bond acceptors (Lipinski definition) is 4. The van der Waals surface area contributed by atoms with Gasteiger partial charge in [0.2, 0.25) is 5.91 Å². The summed E-state index contributed by atoms with van der Waals surface area (Å²) in [6, 6.07) is 1.61. The van der Waals surface area contributed by atoms with Gasteiger partial charge in [-0.05, 0) is 31.7 Å². The van der Waals surface area contributed by atoms with Crippen LogP contribution in [0.25, 0.3) is 0 Å². The maximum Gasteiger partial charge on any atom is 0.266 e. The van der Waals surface area contributed by atoms with Gasteiger partial charge >= 0.3 is 0 Å². The van der Waals surface area contributed by atoms with E-state index in [1.54, 1.807) is 19.3 Å². The van der Waals surface area contributed by atoms with Gasteiger partial charge in [0.1, 0.15) is 5.82 Å². The third kappa shape index (κ3) is 3.33. The van der Waals surface area contributed by atoms with Gasteiger partial charge in [-0.1, -0.05) is 0 Å². The van der Waals surface area contributed by atoms with Crippen LogP contribution in [0.5, 0.6) is 0 Å². The summed E-state index contributed by atoms with van der Waals surface area (Å²) in [6.07, 6.45) is 5.76. The van der Waals surface area contributed by atoms with Crippen molar-refractivity contribution in [1.29, 1.82) is 0 Å². The quantitative estimate of drug-likeness (QED) is 0.874. The number of imidazole rings is 1. The van der Waals surface area contributed by atoms with Crippen LogP contribution < -0.4 is 10.9 Å². The molecule has 7 heteroatoms. The third-order valence-corrected chi connectivity index (χ3v) is 4.40. The molecule has 1 amide bonds. The average Bonchev–Trinajstić information content (AvgIpc) is 2.93. The summed E-state index contributed by atoms with van der Waals surface area (Å²) in [6.45, 7) is 3.23. The lowest BCUT2D eigenvalue weighted by molar-refractivity contribution is -0.125. The Balaban J connectivity index is 1.57. The van der Waals surface area contributed by atoms with Crippen molar-refractivity contribution in [3.63, 3.8) is 0 Å². The second-order valence-corrected chi connectivity index (χ2v) is 5.98. The molecule has 3 rings (SSSR count). The van der Waals surface area contributed by atoms with E-state index in [1.807, 2.05) is 17.7 Å². The average molecular weight is 315 g/mol. The van der Waals surface area contributed by atoms with Gasteiger partial charge < -0.3 is 9.88 Å². The van der Waals surface area contributed by atoms with Crippen molar-refractivity contribution in [2.45, 2.75) is 32.7 Å². The molecule has 1 atom stereocenters. The first-order valence-electron chi connectivity index (χ1n) is 7.86. The summed E-state index contributed by atoms with van der Waals surface area (Å²) in [5.74, 6) is 0.905. The highest BCUT2D eigenvalue weighted by atomic mass is 16.2. The standard InChI is InChI=1S/C16H21N5O2/c1-11-17-5-7-21(11)8-6-18-16(23)12-3-4-14-13(9-12)10-15(22)20(2)19-14/h5,7,10,12H,3-4,6,8-9H2,1-2H3,(H,18,23). The highest BCUT2D eigenvalue weighted by Gasteiger charge is 2.26. The molecule has 0 saturated heterocycles. The van der Waals surface area contributed by atoms with Gasteiger partial charge in [0, 0.05) is 44.5 Å². The van der Waals surface area contributed by atoms with Crippen LogP contribution in [0.15, 0.2) is 23.3 Å². The van der Waals surface area contributed by atoms with Crippen molar-refractivity contribution in [1.82, 2.24) is 24.6 Å². The van der Waals surface area contributed by atoms with Gasteiger partial charge in [-0.25, -0.2) is 9.67 Å². The predicted molar refractivity (Wildman–Crippen MR) is 85.0 cm³/mol. The van der Waals surface area contributed by atoms with Crippen LogP contribution in [-0.4, -0.2) is 31.8 Å². The molecule has 1 aliphatic rings. The van der Waals surface area contributed by atoms with Crippen molar-refractivity contribution in [2.75, 3.05) is 6.54 Å². The lowest BCUT2D eigenvalue weighted by Gasteiger charge is -2.23. The number of carbonyl (C=O) groups is 1. The van der Waals surface area contributed by atoms with E-state index >= 15 is 0 Å². The molecule has 2 heterocycles. The molecular formula is C16H21N5O2. The lowest BCUT2D eigenvalue weighted by atomic mass is 9.86. The Kier molecular flexibility index (Phi) is 4.27. The van der Waals surface area contributed by atoms with E-state index in [0.717, 1.165) is 29.9 Å². The Bertz CT molecular complexity index is 777. The van der Waals surface area contributed by atoms with Crippen molar-refractivity contribution in [3.05, 3.63) is 45.9 Å². The van der Waals surface area contributed by atoms with Gasteiger partial charge in [0.15, 0.2) is 0 Å². The number of nitrogens with zero attached hydrogens (tertiary/aromatic N) is 4. The van der Waals surface area contributed by atoms with E-state index in [0.29, 0.717) is 19.5 Å².